The van der Waals surface area contributed by atoms with Gasteiger partial charge in [0.15, 0.2) is 5.78 Å². The second kappa shape index (κ2) is 4.70. The summed E-state index contributed by atoms with van der Waals surface area (Å²) >= 11 is 0. The van der Waals surface area contributed by atoms with E-state index in [9.17, 15) is 4.79 Å². The number of pyridine rings is 1. The van der Waals surface area contributed by atoms with Crippen LogP contribution in [0.1, 0.15) is 21.6 Å². The SMILES string of the molecule is O=C1CN(Cc2ccccc2)Cc2ncccc21. The predicted octanol–water partition coefficient (Wildman–Crippen LogP) is 2.28. The molecule has 0 saturated heterocycles. The Morgan fingerprint density at radius 2 is 1.89 bits per heavy atom. The Balaban J connectivity index is 1.80. The van der Waals surface area contributed by atoms with Gasteiger partial charge < -0.3 is 0 Å². The molecule has 0 radical (unpaired) electrons. The van der Waals surface area contributed by atoms with E-state index in [1.54, 1.807) is 6.20 Å². The molecule has 0 unspecified atom stereocenters. The van der Waals surface area contributed by atoms with Crippen LogP contribution < -0.4 is 0 Å². The molecule has 3 rings (SSSR count). The highest BCUT2D eigenvalue weighted by Crippen LogP contribution is 2.18. The number of benzene rings is 1. The predicted molar refractivity (Wildman–Crippen MR) is 69.1 cm³/mol. The maximum absolute atomic E-state index is 12.0. The lowest BCUT2D eigenvalue weighted by atomic mass is 10.0. The number of aromatic nitrogens is 1. The van der Waals surface area contributed by atoms with Crippen LogP contribution in [-0.2, 0) is 13.1 Å². The van der Waals surface area contributed by atoms with Crippen molar-refractivity contribution in [3.63, 3.8) is 0 Å². The quantitative estimate of drug-likeness (QED) is 0.804. The topological polar surface area (TPSA) is 33.2 Å². The van der Waals surface area contributed by atoms with E-state index in [1.807, 2.05) is 30.3 Å². The summed E-state index contributed by atoms with van der Waals surface area (Å²) in [5.74, 6) is 0.167. The molecule has 18 heavy (non-hydrogen) atoms. The molecule has 0 atom stereocenters. The Bertz CT molecular complexity index is 566. The van der Waals surface area contributed by atoms with Crippen LogP contribution in [0.15, 0.2) is 48.7 Å². The van der Waals surface area contributed by atoms with E-state index in [0.29, 0.717) is 6.54 Å². The normalized spacial score (nSPS) is 15.4. The molecule has 1 aliphatic rings. The number of nitrogens with zero attached hydrogens (tertiary/aromatic N) is 2. The summed E-state index contributed by atoms with van der Waals surface area (Å²) in [7, 11) is 0. The first kappa shape index (κ1) is 11.1. The molecule has 2 aromatic rings. The van der Waals surface area contributed by atoms with Crippen LogP contribution in [0.25, 0.3) is 0 Å². The van der Waals surface area contributed by atoms with Crippen molar-refractivity contribution in [1.82, 2.24) is 9.88 Å². The van der Waals surface area contributed by atoms with Crippen molar-refractivity contribution in [2.45, 2.75) is 13.1 Å². The average molecular weight is 238 g/mol. The van der Waals surface area contributed by atoms with Crippen molar-refractivity contribution < 1.29 is 4.79 Å². The highest BCUT2D eigenvalue weighted by molar-refractivity contribution is 5.99. The summed E-state index contributed by atoms with van der Waals surface area (Å²) in [6.07, 6.45) is 1.75. The molecule has 0 fully saturated rings. The molecule has 1 aliphatic heterocycles. The summed E-state index contributed by atoms with van der Waals surface area (Å²) in [5, 5.41) is 0. The van der Waals surface area contributed by atoms with Gasteiger partial charge in [0.1, 0.15) is 0 Å². The van der Waals surface area contributed by atoms with Crippen molar-refractivity contribution in [3.05, 3.63) is 65.5 Å². The van der Waals surface area contributed by atoms with E-state index in [-0.39, 0.29) is 5.78 Å². The molecule has 0 spiro atoms. The Morgan fingerprint density at radius 1 is 1.06 bits per heavy atom. The van der Waals surface area contributed by atoms with Gasteiger partial charge in [-0.2, -0.15) is 0 Å². The van der Waals surface area contributed by atoms with Crippen LogP contribution in [-0.4, -0.2) is 22.2 Å². The molecule has 0 saturated carbocycles. The lowest BCUT2D eigenvalue weighted by Crippen LogP contribution is -2.35. The van der Waals surface area contributed by atoms with Gasteiger partial charge in [-0.3, -0.25) is 14.7 Å². The zero-order valence-electron chi connectivity index (χ0n) is 10.0. The maximum atomic E-state index is 12.0. The smallest absolute Gasteiger partial charge is 0.178 e. The second-order valence-corrected chi connectivity index (χ2v) is 4.55. The summed E-state index contributed by atoms with van der Waals surface area (Å²) in [4.78, 5) is 18.4. The molecular formula is C15H14N2O. The number of carbonyl (C=O) groups is 1. The molecule has 3 nitrogen and oxygen atoms in total. The molecule has 2 heterocycles. The molecule has 0 N–H and O–H groups in total. The van der Waals surface area contributed by atoms with E-state index in [4.69, 9.17) is 0 Å². The Hall–Kier alpha value is -2.00. The summed E-state index contributed by atoms with van der Waals surface area (Å²) in [6, 6.07) is 13.9. The first-order valence-corrected chi connectivity index (χ1v) is 6.06. The molecule has 1 aromatic carbocycles. The zero-order valence-corrected chi connectivity index (χ0v) is 10.0. The van der Waals surface area contributed by atoms with Gasteiger partial charge in [0.05, 0.1) is 12.2 Å². The van der Waals surface area contributed by atoms with Crippen LogP contribution in [0.3, 0.4) is 0 Å². The minimum atomic E-state index is 0.167. The van der Waals surface area contributed by atoms with E-state index >= 15 is 0 Å². The number of fused-ring (bicyclic) bond motifs is 1. The average Bonchev–Trinajstić information content (AvgIpc) is 2.40. The number of Topliss-reactive ketones (excluding diaryl/α,β-unsaturated/α-hetero) is 1. The van der Waals surface area contributed by atoms with Crippen molar-refractivity contribution in [2.24, 2.45) is 0 Å². The number of hydrogen-bond donors (Lipinski definition) is 0. The fourth-order valence-electron chi connectivity index (χ4n) is 2.33. The Morgan fingerprint density at radius 3 is 2.72 bits per heavy atom. The maximum Gasteiger partial charge on any atom is 0.178 e. The minimum absolute atomic E-state index is 0.167. The summed E-state index contributed by atoms with van der Waals surface area (Å²) in [6.45, 7) is 2.02. The number of ketones is 1. The highest BCUT2D eigenvalue weighted by Gasteiger charge is 2.23. The first-order chi connectivity index (χ1) is 8.83. The standard InChI is InChI=1S/C15H14N2O/c18-15-11-17(9-12-5-2-1-3-6-12)10-14-13(15)7-4-8-16-14/h1-8H,9-11H2. The van der Waals surface area contributed by atoms with E-state index < -0.39 is 0 Å². The van der Waals surface area contributed by atoms with Crippen molar-refractivity contribution >= 4 is 5.78 Å². The van der Waals surface area contributed by atoms with Crippen LogP contribution in [0.4, 0.5) is 0 Å². The molecule has 0 bridgehead atoms. The van der Waals surface area contributed by atoms with E-state index in [1.165, 1.54) is 5.56 Å². The van der Waals surface area contributed by atoms with Gasteiger partial charge in [-0.1, -0.05) is 30.3 Å². The van der Waals surface area contributed by atoms with Crippen LogP contribution >= 0.6 is 0 Å². The van der Waals surface area contributed by atoms with Crippen LogP contribution in [0.5, 0.6) is 0 Å². The van der Waals surface area contributed by atoms with E-state index in [0.717, 1.165) is 24.3 Å². The number of carbonyl (C=O) groups excluding carboxylic acids is 1. The van der Waals surface area contributed by atoms with Crippen LogP contribution in [0, 0.1) is 0 Å². The third kappa shape index (κ3) is 2.17. The lowest BCUT2D eigenvalue weighted by Gasteiger charge is -2.26. The van der Waals surface area contributed by atoms with Gasteiger partial charge >= 0.3 is 0 Å². The molecule has 0 amide bonds. The molecule has 90 valence electrons. The van der Waals surface area contributed by atoms with Crippen molar-refractivity contribution in [1.29, 1.82) is 0 Å². The van der Waals surface area contributed by atoms with Gasteiger partial charge in [-0.25, -0.2) is 0 Å². The fourth-order valence-corrected chi connectivity index (χ4v) is 2.33. The summed E-state index contributed by atoms with van der Waals surface area (Å²) in [5.41, 5.74) is 2.90. The van der Waals surface area contributed by atoms with Gasteiger partial charge in [0.25, 0.3) is 0 Å². The molecule has 0 aliphatic carbocycles. The van der Waals surface area contributed by atoms with Crippen molar-refractivity contribution in [2.75, 3.05) is 6.54 Å². The van der Waals surface area contributed by atoms with Gasteiger partial charge in [0.2, 0.25) is 0 Å². The second-order valence-electron chi connectivity index (χ2n) is 4.55. The number of rotatable bonds is 2. The lowest BCUT2D eigenvalue weighted by molar-refractivity contribution is 0.0891. The molecule has 1 aromatic heterocycles. The minimum Gasteiger partial charge on any atom is -0.293 e. The third-order valence-corrected chi connectivity index (χ3v) is 3.18. The third-order valence-electron chi connectivity index (χ3n) is 3.18. The fraction of sp³-hybridized carbons (Fsp3) is 0.200. The van der Waals surface area contributed by atoms with E-state index in [2.05, 4.69) is 22.0 Å². The van der Waals surface area contributed by atoms with Gasteiger partial charge in [-0.15, -0.1) is 0 Å². The molecule has 3 heteroatoms. The number of hydrogen-bond acceptors (Lipinski definition) is 3. The zero-order chi connectivity index (χ0) is 12.4. The van der Waals surface area contributed by atoms with Gasteiger partial charge in [0, 0.05) is 24.8 Å². The molecular weight excluding hydrogens is 224 g/mol. The highest BCUT2D eigenvalue weighted by atomic mass is 16.1. The Kier molecular flexibility index (Phi) is 2.90. The Labute approximate surface area is 106 Å². The monoisotopic (exact) mass is 238 g/mol. The van der Waals surface area contributed by atoms with Crippen molar-refractivity contribution in [3.8, 4) is 0 Å². The largest absolute Gasteiger partial charge is 0.293 e. The van der Waals surface area contributed by atoms with Crippen LogP contribution in [0.2, 0.25) is 0 Å². The summed E-state index contributed by atoms with van der Waals surface area (Å²) < 4.78 is 0. The van der Waals surface area contributed by atoms with Gasteiger partial charge in [-0.05, 0) is 17.7 Å². The first-order valence-electron chi connectivity index (χ1n) is 6.06.